The average molecular weight is 359 g/mol. The summed E-state index contributed by atoms with van der Waals surface area (Å²) in [5.41, 5.74) is -0.103. The fraction of sp³-hybridized carbons (Fsp3) is 0.500. The maximum Gasteiger partial charge on any atom is 0.330 e. The monoisotopic (exact) mass is 358 g/mol. The molecule has 1 aliphatic heterocycles. The molecule has 114 valence electrons. The molecule has 1 unspecified atom stereocenters. The summed E-state index contributed by atoms with van der Waals surface area (Å²) in [6.45, 7) is 3.76. The zero-order valence-corrected chi connectivity index (χ0v) is 13.0. The van der Waals surface area contributed by atoms with E-state index < -0.39 is 11.0 Å². The van der Waals surface area contributed by atoms with Gasteiger partial charge in [-0.25, -0.2) is 9.78 Å². The number of aromatic nitrogens is 1. The van der Waals surface area contributed by atoms with Gasteiger partial charge in [0.05, 0.1) is 16.0 Å². The minimum atomic E-state index is -0.512. The van der Waals surface area contributed by atoms with Gasteiger partial charge in [0.1, 0.15) is 18.1 Å². The quantitative estimate of drug-likeness (QED) is 0.488. The highest BCUT2D eigenvalue weighted by atomic mass is 79.9. The number of ether oxygens (including phenoxy) is 1. The van der Waals surface area contributed by atoms with Gasteiger partial charge in [0.15, 0.2) is 0 Å². The van der Waals surface area contributed by atoms with E-state index in [1.807, 2.05) is 0 Å². The van der Waals surface area contributed by atoms with Crippen molar-refractivity contribution in [3.63, 3.8) is 0 Å². The molecule has 0 radical (unpaired) electrons. The Hall–Kier alpha value is -1.74. The van der Waals surface area contributed by atoms with E-state index in [-0.39, 0.29) is 11.7 Å². The van der Waals surface area contributed by atoms with Gasteiger partial charge in [-0.05, 0) is 22.9 Å². The van der Waals surface area contributed by atoms with Crippen LogP contribution < -0.4 is 10.2 Å². The van der Waals surface area contributed by atoms with E-state index >= 15 is 0 Å². The van der Waals surface area contributed by atoms with Gasteiger partial charge in [-0.1, -0.05) is 0 Å². The maximum absolute atomic E-state index is 12.0. The Morgan fingerprint density at radius 1 is 1.71 bits per heavy atom. The van der Waals surface area contributed by atoms with E-state index in [9.17, 15) is 14.9 Å². The van der Waals surface area contributed by atoms with Crippen molar-refractivity contribution in [3.05, 3.63) is 26.9 Å². The summed E-state index contributed by atoms with van der Waals surface area (Å²) in [5, 5.41) is 13.9. The highest BCUT2D eigenvalue weighted by molar-refractivity contribution is 9.10. The van der Waals surface area contributed by atoms with Crippen molar-refractivity contribution in [1.82, 2.24) is 10.3 Å². The molecule has 2 rings (SSSR count). The number of hydrogen-bond donors (Lipinski definition) is 1. The Morgan fingerprint density at radius 2 is 2.48 bits per heavy atom. The number of carbonyl (C=O) groups excluding carboxylic acids is 1. The van der Waals surface area contributed by atoms with Crippen molar-refractivity contribution >= 4 is 33.4 Å². The van der Waals surface area contributed by atoms with E-state index in [0.29, 0.717) is 36.5 Å². The van der Waals surface area contributed by atoms with Crippen LogP contribution in [0.15, 0.2) is 16.7 Å². The molecule has 1 N–H and O–H groups in total. The van der Waals surface area contributed by atoms with Gasteiger partial charge in [0, 0.05) is 25.7 Å². The van der Waals surface area contributed by atoms with Crippen molar-refractivity contribution in [1.29, 1.82) is 0 Å². The average Bonchev–Trinajstić information content (AvgIpc) is 2.47. The van der Waals surface area contributed by atoms with Crippen molar-refractivity contribution in [2.24, 2.45) is 0 Å². The van der Waals surface area contributed by atoms with Crippen LogP contribution in [0.3, 0.4) is 0 Å². The first-order chi connectivity index (χ1) is 10.0. The second-order valence-electron chi connectivity index (χ2n) is 4.42. The zero-order valence-electron chi connectivity index (χ0n) is 11.4. The van der Waals surface area contributed by atoms with Crippen molar-refractivity contribution < 1.29 is 14.5 Å². The molecule has 1 aromatic heterocycles. The van der Waals surface area contributed by atoms with Crippen LogP contribution in [0, 0.1) is 10.1 Å². The zero-order chi connectivity index (χ0) is 15.4. The first-order valence-corrected chi connectivity index (χ1v) is 7.27. The molecule has 0 amide bonds. The van der Waals surface area contributed by atoms with Crippen molar-refractivity contribution in [2.45, 2.75) is 13.0 Å². The molecule has 0 saturated carbocycles. The van der Waals surface area contributed by atoms with Gasteiger partial charge in [-0.2, -0.15) is 0 Å². The number of nitrogens with one attached hydrogen (secondary N) is 1. The Balaban J connectivity index is 2.29. The predicted octanol–water partition coefficient (Wildman–Crippen LogP) is 1.09. The van der Waals surface area contributed by atoms with Crippen molar-refractivity contribution in [2.75, 3.05) is 31.1 Å². The number of anilines is 1. The van der Waals surface area contributed by atoms with E-state index in [4.69, 9.17) is 4.74 Å². The lowest BCUT2D eigenvalue weighted by atomic mass is 10.2. The standard InChI is InChI=1S/C12H15BrN4O4/c1-2-21-12(18)10-7-14-3-4-16(10)11-9(13)5-8(6-15-11)17(19)20/h5-6,10,14H,2-4,7H2,1H3. The Morgan fingerprint density at radius 3 is 3.10 bits per heavy atom. The molecule has 2 heterocycles. The van der Waals surface area contributed by atoms with Gasteiger partial charge in [-0.15, -0.1) is 0 Å². The Bertz CT molecular complexity index is 554. The molecule has 1 saturated heterocycles. The van der Waals surface area contributed by atoms with Gasteiger partial charge < -0.3 is 15.0 Å². The fourth-order valence-corrected chi connectivity index (χ4v) is 2.70. The molecule has 1 aromatic rings. The Kier molecular flexibility index (Phi) is 5.07. The molecule has 8 nitrogen and oxygen atoms in total. The number of nitrogens with zero attached hydrogens (tertiary/aromatic N) is 3. The third-order valence-electron chi connectivity index (χ3n) is 3.09. The van der Waals surface area contributed by atoms with Gasteiger partial charge in [0.2, 0.25) is 0 Å². The molecular weight excluding hydrogens is 344 g/mol. The Labute approximate surface area is 129 Å². The fourth-order valence-electron chi connectivity index (χ4n) is 2.14. The van der Waals surface area contributed by atoms with Gasteiger partial charge in [-0.3, -0.25) is 10.1 Å². The van der Waals surface area contributed by atoms with Gasteiger partial charge >= 0.3 is 5.97 Å². The van der Waals surface area contributed by atoms with Crippen LogP contribution in [-0.4, -0.2) is 48.2 Å². The first-order valence-electron chi connectivity index (χ1n) is 6.48. The van der Waals surface area contributed by atoms with Crippen LogP contribution in [0.4, 0.5) is 11.5 Å². The number of nitro groups is 1. The number of piperazine rings is 1. The molecule has 0 bridgehead atoms. The summed E-state index contributed by atoms with van der Waals surface area (Å²) in [6.07, 6.45) is 1.18. The minimum Gasteiger partial charge on any atom is -0.464 e. The minimum absolute atomic E-state index is 0.103. The molecule has 0 aromatic carbocycles. The van der Waals surface area contributed by atoms with Crippen LogP contribution in [0.25, 0.3) is 0 Å². The largest absolute Gasteiger partial charge is 0.464 e. The molecule has 0 spiro atoms. The smallest absolute Gasteiger partial charge is 0.330 e. The maximum atomic E-state index is 12.0. The molecule has 9 heteroatoms. The second-order valence-corrected chi connectivity index (χ2v) is 5.28. The number of esters is 1. The van der Waals surface area contributed by atoms with Crippen LogP contribution in [-0.2, 0) is 9.53 Å². The summed E-state index contributed by atoms with van der Waals surface area (Å²) >= 11 is 3.29. The molecule has 1 atom stereocenters. The lowest BCUT2D eigenvalue weighted by molar-refractivity contribution is -0.385. The third kappa shape index (κ3) is 3.48. The summed E-state index contributed by atoms with van der Waals surface area (Å²) in [6, 6.07) is 0.885. The number of carbonyl (C=O) groups is 1. The number of pyridine rings is 1. The SMILES string of the molecule is CCOC(=O)C1CNCCN1c1ncc([N+](=O)[O-])cc1Br. The molecule has 1 fully saturated rings. The predicted molar refractivity (Wildman–Crippen MR) is 79.2 cm³/mol. The molecular formula is C12H15BrN4O4. The van der Waals surface area contributed by atoms with E-state index in [1.165, 1.54) is 12.3 Å². The molecule has 21 heavy (non-hydrogen) atoms. The normalized spacial score (nSPS) is 18.4. The first kappa shape index (κ1) is 15.6. The number of halogens is 1. The van der Waals surface area contributed by atoms with E-state index in [1.54, 1.807) is 11.8 Å². The highest BCUT2D eigenvalue weighted by Gasteiger charge is 2.32. The van der Waals surface area contributed by atoms with Crippen LogP contribution in [0.1, 0.15) is 6.92 Å². The summed E-state index contributed by atoms with van der Waals surface area (Å²) in [4.78, 5) is 28.2. The van der Waals surface area contributed by atoms with E-state index in [0.717, 1.165) is 0 Å². The van der Waals surface area contributed by atoms with E-state index in [2.05, 4.69) is 26.2 Å². The molecule has 1 aliphatic rings. The third-order valence-corrected chi connectivity index (χ3v) is 3.68. The highest BCUT2D eigenvalue weighted by Crippen LogP contribution is 2.29. The topological polar surface area (TPSA) is 97.6 Å². The summed E-state index contributed by atoms with van der Waals surface area (Å²) < 4.78 is 5.54. The summed E-state index contributed by atoms with van der Waals surface area (Å²) in [5.74, 6) is 0.164. The number of rotatable bonds is 4. The lowest BCUT2D eigenvalue weighted by Gasteiger charge is -2.35. The van der Waals surface area contributed by atoms with Crippen LogP contribution in [0.2, 0.25) is 0 Å². The molecule has 0 aliphatic carbocycles. The van der Waals surface area contributed by atoms with Crippen molar-refractivity contribution in [3.8, 4) is 0 Å². The van der Waals surface area contributed by atoms with Crippen LogP contribution >= 0.6 is 15.9 Å². The number of hydrogen-bond acceptors (Lipinski definition) is 7. The second kappa shape index (κ2) is 6.81. The summed E-state index contributed by atoms with van der Waals surface area (Å²) in [7, 11) is 0. The van der Waals surface area contributed by atoms with Crippen LogP contribution in [0.5, 0.6) is 0 Å². The van der Waals surface area contributed by atoms with Gasteiger partial charge in [0.25, 0.3) is 5.69 Å². The lowest BCUT2D eigenvalue weighted by Crippen LogP contribution is -2.56.